The van der Waals surface area contributed by atoms with E-state index in [1.165, 1.54) is 0 Å². The van der Waals surface area contributed by atoms with Gasteiger partial charge in [-0.3, -0.25) is 58.0 Å². The standard InChI is InChI=1S/C57H84F2N14O15/c1-4-6-7-12-39(3)52(54(84)67-46(53(83)66-34-43-44(58)32-41(74)33-45(43)59)15-11-17-62-55(60)68-57(86)64-19-18-61-47(75)5-2)40-13-10-14-42(31-40)87-29-9-8-16-63-56(85)65-20-30-88-69-48(76)35-70-21-23-71(36-49(77)78)25-27-73(38-51(81)82)28-26-72(24-22-70)37-50(79)80/h4,6-7,10,12-14,31-33,46,52,74H,3,5,8-9,11,15-30,34-38H2,1-2H3,(H,61,75)(H,66,83)(H,67,84)(H,69,76)(H,77,78)(H,79,80)(H,81,82)(H2,63,65,85)(H4,60,62,64,68,86)/b6-4-,12-7-/t46-,52+/m1/s1. The lowest BCUT2D eigenvalue weighted by molar-refractivity contribution is -0.141. The molecule has 29 nitrogen and oxygen atoms in total. The number of halogens is 2. The van der Waals surface area contributed by atoms with Crippen molar-refractivity contribution in [3.63, 3.8) is 0 Å². The summed E-state index contributed by atoms with van der Waals surface area (Å²) in [5.74, 6) is -9.24. The number of amides is 8. The molecule has 2 aromatic rings. The third kappa shape index (κ3) is 31.0. The van der Waals surface area contributed by atoms with Crippen molar-refractivity contribution in [3.8, 4) is 11.5 Å². The zero-order valence-corrected chi connectivity index (χ0v) is 49.7. The smallest absolute Gasteiger partial charge is 0.344 e. The molecule has 2 atom stereocenters. The van der Waals surface area contributed by atoms with Crippen LogP contribution in [0.2, 0.25) is 0 Å². The van der Waals surface area contributed by atoms with Gasteiger partial charge in [-0.1, -0.05) is 49.9 Å². The van der Waals surface area contributed by atoms with Crippen molar-refractivity contribution >= 4 is 59.6 Å². The number of rotatable bonds is 35. The molecule has 0 aliphatic carbocycles. The van der Waals surface area contributed by atoms with Gasteiger partial charge < -0.3 is 68.1 Å². The molecule has 8 amide bonds. The number of carbonyl (C=O) groups is 9. The molecule has 1 aliphatic heterocycles. The Kier molecular flexibility index (Phi) is 34.5. The first-order chi connectivity index (χ1) is 42.1. The van der Waals surface area contributed by atoms with Gasteiger partial charge in [0.1, 0.15) is 29.2 Å². The normalized spacial score (nSPS) is 14.8. The Morgan fingerprint density at radius 1 is 0.682 bits per heavy atom. The van der Waals surface area contributed by atoms with Gasteiger partial charge in [0, 0.05) is 116 Å². The molecule has 31 heteroatoms. The van der Waals surface area contributed by atoms with Crippen LogP contribution >= 0.6 is 0 Å². The van der Waals surface area contributed by atoms with E-state index in [1.807, 2.05) is 0 Å². The maximum Gasteiger partial charge on any atom is 0.344 e. The van der Waals surface area contributed by atoms with Crippen LogP contribution in [0.3, 0.4) is 0 Å². The van der Waals surface area contributed by atoms with Crippen molar-refractivity contribution in [2.75, 3.05) is 124 Å². The van der Waals surface area contributed by atoms with Crippen molar-refractivity contribution in [1.29, 1.82) is 0 Å². The molecular weight excluding hydrogens is 1160 g/mol. The molecule has 1 heterocycles. The number of benzene rings is 2. The van der Waals surface area contributed by atoms with Crippen molar-refractivity contribution in [1.82, 2.24) is 62.3 Å². The molecule has 1 fully saturated rings. The zero-order chi connectivity index (χ0) is 64.8. The minimum Gasteiger partial charge on any atom is -0.508 e. The topological polar surface area (TPSA) is 401 Å². The molecule has 486 valence electrons. The number of aliphatic imine (C=N–C) groups is 1. The second-order valence-electron chi connectivity index (χ2n) is 20.0. The van der Waals surface area contributed by atoms with Crippen molar-refractivity contribution in [2.45, 2.75) is 64.5 Å². The first-order valence-corrected chi connectivity index (χ1v) is 28.6. The number of hydrogen-bond acceptors (Lipinski definition) is 16. The van der Waals surface area contributed by atoms with Gasteiger partial charge in [-0.2, -0.15) is 4.99 Å². The lowest BCUT2D eigenvalue weighted by Gasteiger charge is -2.32. The maximum atomic E-state index is 14.7. The van der Waals surface area contributed by atoms with Gasteiger partial charge in [0.2, 0.25) is 17.7 Å². The number of carboxylic acid groups (broad SMARTS) is 3. The summed E-state index contributed by atoms with van der Waals surface area (Å²) in [6.45, 7) is 8.47. The summed E-state index contributed by atoms with van der Waals surface area (Å²) in [7, 11) is 0. The number of phenolic OH excluding ortho intramolecular Hbond substituents is 1. The zero-order valence-electron chi connectivity index (χ0n) is 49.7. The minimum absolute atomic E-state index is 0.0205. The van der Waals surface area contributed by atoms with E-state index in [4.69, 9.17) is 15.3 Å². The quantitative estimate of drug-likeness (QED) is 0.0144. The van der Waals surface area contributed by atoms with Gasteiger partial charge in [-0.05, 0) is 55.9 Å². The van der Waals surface area contributed by atoms with Gasteiger partial charge >= 0.3 is 30.0 Å². The van der Waals surface area contributed by atoms with Crippen molar-refractivity contribution < 1.29 is 81.9 Å². The Labute approximate surface area is 509 Å². The highest BCUT2D eigenvalue weighted by Crippen LogP contribution is 2.29. The number of nitrogens with two attached hydrogens (primary N) is 1. The highest BCUT2D eigenvalue weighted by Gasteiger charge is 2.29. The second-order valence-corrected chi connectivity index (χ2v) is 20.0. The van der Waals surface area contributed by atoms with Crippen LogP contribution in [-0.4, -0.2) is 230 Å². The molecule has 0 radical (unpaired) electrons. The summed E-state index contributed by atoms with van der Waals surface area (Å²) in [6.07, 6.45) is 8.17. The van der Waals surface area contributed by atoms with Crippen LogP contribution in [0.25, 0.3) is 0 Å². The number of ether oxygens (including phenoxy) is 1. The number of hydrogen-bond donors (Lipinski definition) is 13. The molecule has 1 saturated heterocycles. The number of urea groups is 2. The van der Waals surface area contributed by atoms with Crippen LogP contribution < -0.4 is 53.2 Å². The van der Waals surface area contributed by atoms with Crippen LogP contribution in [0.4, 0.5) is 18.4 Å². The molecule has 88 heavy (non-hydrogen) atoms. The van der Waals surface area contributed by atoms with Crippen molar-refractivity contribution in [3.05, 3.63) is 95.6 Å². The average molecular weight is 1240 g/mol. The van der Waals surface area contributed by atoms with E-state index in [2.05, 4.69) is 54.3 Å². The molecule has 0 saturated carbocycles. The number of allylic oxidation sites excluding steroid dienone is 4. The molecule has 14 N–H and O–H groups in total. The first-order valence-electron chi connectivity index (χ1n) is 28.6. The number of nitrogens with zero attached hydrogens (tertiary/aromatic N) is 5. The van der Waals surface area contributed by atoms with Gasteiger partial charge in [-0.25, -0.2) is 23.9 Å². The predicted molar refractivity (Wildman–Crippen MR) is 319 cm³/mol. The molecular formula is C57H84F2N14O15. The Bertz CT molecular complexity index is 2680. The number of carboxylic acids is 3. The molecule has 0 bridgehead atoms. The number of unbranched alkanes of at least 4 members (excludes halogenated alkanes) is 1. The van der Waals surface area contributed by atoms with Crippen LogP contribution in [0, 0.1) is 11.6 Å². The lowest BCUT2D eigenvalue weighted by Crippen LogP contribution is -2.49. The Balaban J connectivity index is 1.55. The highest BCUT2D eigenvalue weighted by molar-refractivity contribution is 5.93. The van der Waals surface area contributed by atoms with E-state index < -0.39 is 89.1 Å². The second kappa shape index (κ2) is 41.3. The molecule has 1 aliphatic rings. The average Bonchev–Trinajstić information content (AvgIpc) is 3.55. The Morgan fingerprint density at radius 3 is 1.83 bits per heavy atom. The molecule has 0 spiro atoms. The molecule has 2 aromatic carbocycles. The van der Waals surface area contributed by atoms with E-state index in [-0.39, 0.29) is 156 Å². The minimum atomic E-state index is -1.30. The number of aromatic hydroxyl groups is 1. The summed E-state index contributed by atoms with van der Waals surface area (Å²) >= 11 is 0. The summed E-state index contributed by atoms with van der Waals surface area (Å²) in [4.78, 5) is 127. The van der Waals surface area contributed by atoms with Crippen LogP contribution in [0.5, 0.6) is 11.5 Å². The number of carbonyl (C=O) groups excluding carboxylic acids is 6. The first kappa shape index (κ1) is 73.5. The molecule has 3 rings (SSSR count). The SMILES string of the molecule is C=C(/C=C\C=C/C)[C@H](C(=O)N[C@H](CCCN/C(N)=N\C(=O)NCCNC(=O)CC)C(=O)NCc1c(F)cc(O)cc1F)c1cccc(OCCCCNC(=O)NCCONC(=O)CN2CCN(CC(=O)O)CCN(CC(=O)O)CCN(CC(=O)O)CC2)c1. The van der Waals surface area contributed by atoms with E-state index >= 15 is 0 Å². The number of aliphatic carboxylic acids is 3. The fourth-order valence-corrected chi connectivity index (χ4v) is 8.54. The molecule has 0 unspecified atom stereocenters. The molecule has 0 aromatic heterocycles. The van der Waals surface area contributed by atoms with E-state index in [0.29, 0.717) is 41.9 Å². The Morgan fingerprint density at radius 2 is 1.25 bits per heavy atom. The van der Waals surface area contributed by atoms with E-state index in [1.54, 1.807) is 82.0 Å². The number of phenols is 1. The summed E-state index contributed by atoms with van der Waals surface area (Å²) in [5.41, 5.74) is 8.44. The maximum absolute atomic E-state index is 14.7. The van der Waals surface area contributed by atoms with Crippen molar-refractivity contribution in [2.24, 2.45) is 10.7 Å². The van der Waals surface area contributed by atoms with Gasteiger partial charge in [0.05, 0.1) is 45.3 Å². The fraction of sp³-hybridized carbons (Fsp3) is 0.509. The van der Waals surface area contributed by atoms with Gasteiger partial charge in [0.25, 0.3) is 5.91 Å². The number of nitrogens with one attached hydrogen (secondary N) is 8. The lowest BCUT2D eigenvalue weighted by atomic mass is 9.90. The van der Waals surface area contributed by atoms with E-state index in [0.717, 1.165) is 0 Å². The fourth-order valence-electron chi connectivity index (χ4n) is 8.54. The number of hydroxylamine groups is 1. The van der Waals surface area contributed by atoms with Crippen LogP contribution in [-0.2, 0) is 44.9 Å². The van der Waals surface area contributed by atoms with Crippen LogP contribution in [0.1, 0.15) is 63.0 Å². The summed E-state index contributed by atoms with van der Waals surface area (Å²) < 4.78 is 35.4. The van der Waals surface area contributed by atoms with Gasteiger partial charge in [-0.15, -0.1) is 0 Å². The Hall–Kier alpha value is -8.78. The summed E-state index contributed by atoms with van der Waals surface area (Å²) in [5, 5.41) is 56.3. The third-order valence-corrected chi connectivity index (χ3v) is 13.1. The monoisotopic (exact) mass is 1240 g/mol. The third-order valence-electron chi connectivity index (χ3n) is 13.1. The summed E-state index contributed by atoms with van der Waals surface area (Å²) in [6, 6.07) is 5.47. The number of guanidine groups is 1. The largest absolute Gasteiger partial charge is 0.508 e. The highest BCUT2D eigenvalue weighted by atomic mass is 19.1. The van der Waals surface area contributed by atoms with Crippen LogP contribution in [0.15, 0.2) is 77.8 Å². The van der Waals surface area contributed by atoms with Gasteiger partial charge in [0.15, 0.2) is 5.96 Å². The van der Waals surface area contributed by atoms with E-state index in [9.17, 15) is 72.4 Å². The predicted octanol–water partition coefficient (Wildman–Crippen LogP) is 0.145.